The number of rotatable bonds is 4. The minimum Gasteiger partial charge on any atom is -0.341 e. The number of carbonyl (C=O) groups excluding carboxylic acids is 1. The van der Waals surface area contributed by atoms with Gasteiger partial charge in [-0.1, -0.05) is 97.9 Å². The van der Waals surface area contributed by atoms with Crippen LogP contribution in [0.5, 0.6) is 0 Å². The van der Waals surface area contributed by atoms with Gasteiger partial charge in [-0.2, -0.15) is 5.26 Å². The Morgan fingerprint density at radius 1 is 0.875 bits per heavy atom. The summed E-state index contributed by atoms with van der Waals surface area (Å²) in [6, 6.07) is 32.6. The largest absolute Gasteiger partial charge is 0.341 e. The van der Waals surface area contributed by atoms with Crippen molar-refractivity contribution in [2.75, 3.05) is 0 Å². The number of carbonyl (C=O) groups is 1. The van der Waals surface area contributed by atoms with E-state index >= 15 is 0 Å². The molecule has 3 aromatic rings. The van der Waals surface area contributed by atoms with E-state index < -0.39 is 11.6 Å². The summed E-state index contributed by atoms with van der Waals surface area (Å²) in [6.07, 6.45) is 5.42. The first-order valence-electron chi connectivity index (χ1n) is 11.0. The highest BCUT2D eigenvalue weighted by Crippen LogP contribution is 2.56. The first kappa shape index (κ1) is 20.0. The van der Waals surface area contributed by atoms with Gasteiger partial charge in [0.05, 0.1) is 17.5 Å². The van der Waals surface area contributed by atoms with E-state index in [9.17, 15) is 10.1 Å². The van der Waals surface area contributed by atoms with E-state index in [4.69, 9.17) is 0 Å². The lowest BCUT2D eigenvalue weighted by Gasteiger charge is -2.46. The van der Waals surface area contributed by atoms with E-state index in [-0.39, 0.29) is 11.8 Å². The smallest absolute Gasteiger partial charge is 0.126 e. The molecule has 0 saturated carbocycles. The first-order chi connectivity index (χ1) is 15.7. The third-order valence-electron chi connectivity index (χ3n) is 6.87. The molecule has 2 aliphatic rings. The van der Waals surface area contributed by atoms with Crippen LogP contribution in [0.1, 0.15) is 23.6 Å². The fourth-order valence-corrected chi connectivity index (χ4v) is 5.39. The maximum absolute atomic E-state index is 12.6. The molecule has 0 N–H and O–H groups in total. The Morgan fingerprint density at radius 3 is 2.00 bits per heavy atom. The van der Waals surface area contributed by atoms with Gasteiger partial charge in [0.15, 0.2) is 0 Å². The highest BCUT2D eigenvalue weighted by Gasteiger charge is 2.59. The van der Waals surface area contributed by atoms with Crippen LogP contribution in [0.2, 0.25) is 0 Å². The van der Waals surface area contributed by atoms with Crippen LogP contribution in [-0.4, -0.2) is 17.2 Å². The third kappa shape index (κ3) is 2.92. The second-order valence-corrected chi connectivity index (χ2v) is 8.52. The molecule has 0 radical (unpaired) electrons. The first-order valence-corrected chi connectivity index (χ1v) is 11.0. The van der Waals surface area contributed by atoms with Crippen molar-refractivity contribution >= 4 is 17.6 Å². The Kier molecular flexibility index (Phi) is 4.99. The van der Waals surface area contributed by atoms with Crippen LogP contribution in [0.4, 0.5) is 0 Å². The fourth-order valence-electron chi connectivity index (χ4n) is 5.39. The molecule has 4 atom stereocenters. The van der Waals surface area contributed by atoms with Crippen molar-refractivity contribution in [1.29, 1.82) is 5.26 Å². The third-order valence-corrected chi connectivity index (χ3v) is 6.87. The summed E-state index contributed by atoms with van der Waals surface area (Å²) in [5.41, 5.74) is 4.44. The lowest BCUT2D eigenvalue weighted by atomic mass is 9.73. The van der Waals surface area contributed by atoms with Crippen molar-refractivity contribution in [1.82, 2.24) is 4.90 Å². The predicted molar refractivity (Wildman–Crippen MR) is 127 cm³/mol. The van der Waals surface area contributed by atoms with Gasteiger partial charge in [0.25, 0.3) is 0 Å². The fraction of sp³-hybridized carbons (Fsp3) is 0.172. The molecule has 0 aromatic heterocycles. The Morgan fingerprint density at radius 2 is 1.44 bits per heavy atom. The molecule has 0 amide bonds. The number of hydrogen-bond donors (Lipinski definition) is 0. The second-order valence-electron chi connectivity index (χ2n) is 8.52. The van der Waals surface area contributed by atoms with Crippen LogP contribution in [0.3, 0.4) is 0 Å². The van der Waals surface area contributed by atoms with E-state index in [1.807, 2.05) is 61.5 Å². The molecule has 0 bridgehead atoms. The highest BCUT2D eigenvalue weighted by molar-refractivity contribution is 5.88. The van der Waals surface area contributed by atoms with Crippen molar-refractivity contribution in [2.45, 2.75) is 18.5 Å². The molecule has 156 valence electrons. The average molecular weight is 417 g/mol. The van der Waals surface area contributed by atoms with Gasteiger partial charge in [-0.25, -0.2) is 0 Å². The van der Waals surface area contributed by atoms with Crippen LogP contribution in [0, 0.1) is 23.2 Å². The standard InChI is InChI=1S/C29H24N2O/c1-21-26(20-32)29(25-15-9-4-10-16-25)18-24(22-11-5-2-6-12-22)17-27(31(29)28(21)19-30)23-13-7-3-8-14-23/h2-18,20-21,26,28H,1H3. The van der Waals surface area contributed by atoms with E-state index in [1.165, 1.54) is 0 Å². The number of aldehydes is 1. The molecule has 0 aliphatic carbocycles. The molecular formula is C29H24N2O. The summed E-state index contributed by atoms with van der Waals surface area (Å²) in [7, 11) is 0. The maximum atomic E-state index is 12.6. The summed E-state index contributed by atoms with van der Waals surface area (Å²) in [5.74, 6) is -0.489. The van der Waals surface area contributed by atoms with Gasteiger partial charge in [-0.3, -0.25) is 0 Å². The zero-order valence-electron chi connectivity index (χ0n) is 17.9. The normalized spacial score (nSPS) is 26.5. The van der Waals surface area contributed by atoms with Crippen molar-refractivity contribution < 1.29 is 4.79 Å². The number of nitrogens with zero attached hydrogens (tertiary/aromatic N) is 2. The number of hydrogen-bond acceptors (Lipinski definition) is 3. The summed E-state index contributed by atoms with van der Waals surface area (Å²) >= 11 is 0. The Hall–Kier alpha value is -3.90. The van der Waals surface area contributed by atoms with Gasteiger partial charge in [0, 0.05) is 11.6 Å². The van der Waals surface area contributed by atoms with Crippen LogP contribution in [0.15, 0.2) is 103 Å². The SMILES string of the molecule is CC1C(C#N)N2C(c3ccccc3)=CC(c3ccccc3)=CC2(c2ccccc2)C1C=O. The zero-order chi connectivity index (χ0) is 22.1. The topological polar surface area (TPSA) is 44.1 Å². The van der Waals surface area contributed by atoms with Gasteiger partial charge in [-0.05, 0) is 34.4 Å². The molecule has 3 nitrogen and oxygen atoms in total. The van der Waals surface area contributed by atoms with Crippen LogP contribution < -0.4 is 0 Å². The molecule has 5 rings (SSSR count). The average Bonchev–Trinajstić information content (AvgIpc) is 3.12. The number of allylic oxidation sites excluding steroid dienone is 2. The van der Waals surface area contributed by atoms with Gasteiger partial charge >= 0.3 is 0 Å². The molecule has 3 heteroatoms. The summed E-state index contributed by atoms with van der Waals surface area (Å²) in [6.45, 7) is 2.02. The Labute approximate surface area is 188 Å². The molecule has 0 spiro atoms. The van der Waals surface area contributed by atoms with E-state index in [0.29, 0.717) is 0 Å². The molecule has 1 saturated heterocycles. The van der Waals surface area contributed by atoms with Gasteiger partial charge in [0.2, 0.25) is 0 Å². The lowest BCUT2D eigenvalue weighted by Crippen LogP contribution is -2.47. The van der Waals surface area contributed by atoms with E-state index in [2.05, 4.69) is 59.5 Å². The molecule has 32 heavy (non-hydrogen) atoms. The molecule has 2 heterocycles. The maximum Gasteiger partial charge on any atom is 0.126 e. The van der Waals surface area contributed by atoms with E-state index in [0.717, 1.165) is 34.2 Å². The molecular weight excluding hydrogens is 392 g/mol. The second kappa shape index (κ2) is 7.98. The van der Waals surface area contributed by atoms with Crippen molar-refractivity contribution in [3.05, 3.63) is 120 Å². The minimum atomic E-state index is -0.742. The Balaban J connectivity index is 1.86. The van der Waals surface area contributed by atoms with Crippen LogP contribution in [0.25, 0.3) is 11.3 Å². The summed E-state index contributed by atoms with van der Waals surface area (Å²) in [5, 5.41) is 10.2. The van der Waals surface area contributed by atoms with Gasteiger partial charge < -0.3 is 9.69 Å². The highest BCUT2D eigenvalue weighted by atomic mass is 16.1. The van der Waals surface area contributed by atoms with Crippen molar-refractivity contribution in [3.8, 4) is 6.07 Å². The van der Waals surface area contributed by atoms with Gasteiger partial charge in [-0.15, -0.1) is 0 Å². The molecule has 4 unspecified atom stereocenters. The molecule has 2 aliphatic heterocycles. The number of fused-ring (bicyclic) bond motifs is 1. The quantitative estimate of drug-likeness (QED) is 0.514. The molecule has 1 fully saturated rings. The zero-order valence-corrected chi connectivity index (χ0v) is 17.9. The van der Waals surface area contributed by atoms with Gasteiger partial charge in [0.1, 0.15) is 12.3 Å². The number of benzene rings is 3. The molecule has 3 aromatic carbocycles. The summed E-state index contributed by atoms with van der Waals surface area (Å²) < 4.78 is 0. The predicted octanol–water partition coefficient (Wildman–Crippen LogP) is 5.68. The Bertz CT molecular complexity index is 1220. The van der Waals surface area contributed by atoms with Crippen molar-refractivity contribution in [3.63, 3.8) is 0 Å². The number of nitriles is 1. The monoisotopic (exact) mass is 416 g/mol. The van der Waals surface area contributed by atoms with Crippen molar-refractivity contribution in [2.24, 2.45) is 11.8 Å². The lowest BCUT2D eigenvalue weighted by molar-refractivity contribution is -0.113. The minimum absolute atomic E-state index is 0.129. The summed E-state index contributed by atoms with van der Waals surface area (Å²) in [4.78, 5) is 14.8. The van der Waals surface area contributed by atoms with Crippen LogP contribution in [-0.2, 0) is 10.3 Å². The van der Waals surface area contributed by atoms with Crippen LogP contribution >= 0.6 is 0 Å². The van der Waals surface area contributed by atoms with E-state index in [1.54, 1.807) is 0 Å².